The summed E-state index contributed by atoms with van der Waals surface area (Å²) in [6.45, 7) is 5.34. The number of rotatable bonds is 5. The van der Waals surface area contributed by atoms with Gasteiger partial charge in [0.25, 0.3) is 0 Å². The van der Waals surface area contributed by atoms with Crippen molar-refractivity contribution in [1.82, 2.24) is 9.88 Å². The second-order valence-electron chi connectivity index (χ2n) is 7.28. The molecule has 1 aliphatic heterocycles. The van der Waals surface area contributed by atoms with Crippen molar-refractivity contribution < 1.29 is 9.59 Å². The molecular formula is C21H21ClN4O2S. The lowest BCUT2D eigenvalue weighted by Crippen LogP contribution is -2.37. The van der Waals surface area contributed by atoms with Gasteiger partial charge in [-0.1, -0.05) is 48.9 Å². The summed E-state index contributed by atoms with van der Waals surface area (Å²) >= 11 is 7.35. The number of benzene rings is 2. The van der Waals surface area contributed by atoms with Crippen LogP contribution in [0, 0.1) is 0 Å². The summed E-state index contributed by atoms with van der Waals surface area (Å²) in [5, 5.41) is 3.91. The van der Waals surface area contributed by atoms with Crippen LogP contribution >= 0.6 is 22.9 Å². The Morgan fingerprint density at radius 3 is 2.69 bits per heavy atom. The van der Waals surface area contributed by atoms with Gasteiger partial charge >= 0.3 is 6.03 Å². The number of nitrogens with one attached hydrogen (secondary N) is 1. The maximum Gasteiger partial charge on any atom is 0.325 e. The normalized spacial score (nSPS) is 14.3. The SMILES string of the molecule is CC(C)c1ccc(N2CCN(CC(=O)Nc3nc4ccc(Cl)cc4s3)C2=O)cc1. The Morgan fingerprint density at radius 2 is 1.97 bits per heavy atom. The maximum absolute atomic E-state index is 12.7. The fraction of sp³-hybridized carbons (Fsp3) is 0.286. The average molecular weight is 429 g/mol. The van der Waals surface area contributed by atoms with Crippen LogP contribution in [-0.2, 0) is 4.79 Å². The molecule has 1 N–H and O–H groups in total. The van der Waals surface area contributed by atoms with Gasteiger partial charge in [-0.3, -0.25) is 9.69 Å². The van der Waals surface area contributed by atoms with E-state index in [4.69, 9.17) is 11.6 Å². The summed E-state index contributed by atoms with van der Waals surface area (Å²) in [5.74, 6) is 0.178. The zero-order chi connectivity index (χ0) is 20.5. The van der Waals surface area contributed by atoms with Crippen molar-refractivity contribution in [2.45, 2.75) is 19.8 Å². The zero-order valence-corrected chi connectivity index (χ0v) is 17.8. The number of fused-ring (bicyclic) bond motifs is 1. The van der Waals surface area contributed by atoms with Crippen LogP contribution in [-0.4, -0.2) is 41.5 Å². The molecule has 1 aliphatic rings. The molecule has 0 aliphatic carbocycles. The highest BCUT2D eigenvalue weighted by molar-refractivity contribution is 7.22. The number of hydrogen-bond donors (Lipinski definition) is 1. The highest BCUT2D eigenvalue weighted by Gasteiger charge is 2.31. The molecule has 29 heavy (non-hydrogen) atoms. The fourth-order valence-electron chi connectivity index (χ4n) is 3.29. The van der Waals surface area contributed by atoms with Crippen molar-refractivity contribution in [2.24, 2.45) is 0 Å². The van der Waals surface area contributed by atoms with Crippen LogP contribution in [0.5, 0.6) is 0 Å². The van der Waals surface area contributed by atoms with Crippen LogP contribution < -0.4 is 10.2 Å². The highest BCUT2D eigenvalue weighted by atomic mass is 35.5. The molecule has 0 unspecified atom stereocenters. The molecule has 4 rings (SSSR count). The molecule has 0 atom stereocenters. The minimum atomic E-state index is -0.263. The monoisotopic (exact) mass is 428 g/mol. The first-order valence-electron chi connectivity index (χ1n) is 9.43. The molecule has 1 saturated heterocycles. The van der Waals surface area contributed by atoms with E-state index >= 15 is 0 Å². The number of anilines is 2. The Morgan fingerprint density at radius 1 is 1.21 bits per heavy atom. The molecule has 0 saturated carbocycles. The summed E-state index contributed by atoms with van der Waals surface area (Å²) < 4.78 is 0.904. The minimum Gasteiger partial charge on any atom is -0.313 e. The second kappa shape index (κ2) is 8.00. The number of carbonyl (C=O) groups is 2. The summed E-state index contributed by atoms with van der Waals surface area (Å²) in [6.07, 6.45) is 0. The molecule has 1 aromatic heterocycles. The Balaban J connectivity index is 1.39. The number of urea groups is 1. The molecule has 1 fully saturated rings. The predicted octanol–water partition coefficient (Wildman–Crippen LogP) is 4.95. The first-order valence-corrected chi connectivity index (χ1v) is 10.6. The van der Waals surface area contributed by atoms with Crippen molar-refractivity contribution in [1.29, 1.82) is 0 Å². The lowest BCUT2D eigenvalue weighted by Gasteiger charge is -2.19. The van der Waals surface area contributed by atoms with Crippen molar-refractivity contribution in [3.63, 3.8) is 0 Å². The van der Waals surface area contributed by atoms with E-state index in [1.165, 1.54) is 16.9 Å². The smallest absolute Gasteiger partial charge is 0.313 e. The lowest BCUT2D eigenvalue weighted by molar-refractivity contribution is -0.116. The quantitative estimate of drug-likeness (QED) is 0.625. The number of nitrogens with zero attached hydrogens (tertiary/aromatic N) is 3. The van der Waals surface area contributed by atoms with Crippen molar-refractivity contribution in [3.05, 3.63) is 53.1 Å². The molecular weight excluding hydrogens is 408 g/mol. The number of aromatic nitrogens is 1. The van der Waals surface area contributed by atoms with Gasteiger partial charge in [-0.05, 0) is 41.8 Å². The zero-order valence-electron chi connectivity index (χ0n) is 16.2. The molecule has 8 heteroatoms. The summed E-state index contributed by atoms with van der Waals surface area (Å²) in [6, 6.07) is 13.2. The Labute approximate surface area is 178 Å². The molecule has 0 spiro atoms. The molecule has 2 aromatic carbocycles. The van der Waals surface area contributed by atoms with Gasteiger partial charge in [0, 0.05) is 23.8 Å². The van der Waals surface area contributed by atoms with Crippen LogP contribution in [0.25, 0.3) is 10.2 Å². The number of hydrogen-bond acceptors (Lipinski definition) is 4. The van der Waals surface area contributed by atoms with E-state index in [2.05, 4.69) is 24.1 Å². The van der Waals surface area contributed by atoms with Gasteiger partial charge in [-0.15, -0.1) is 0 Å². The molecule has 0 bridgehead atoms. The van der Waals surface area contributed by atoms with E-state index in [9.17, 15) is 9.59 Å². The van der Waals surface area contributed by atoms with Crippen LogP contribution in [0.4, 0.5) is 15.6 Å². The highest BCUT2D eigenvalue weighted by Crippen LogP contribution is 2.28. The summed E-state index contributed by atoms with van der Waals surface area (Å²) in [4.78, 5) is 32.8. The fourth-order valence-corrected chi connectivity index (χ4v) is 4.45. The molecule has 3 amide bonds. The van der Waals surface area contributed by atoms with E-state index in [1.54, 1.807) is 15.9 Å². The van der Waals surface area contributed by atoms with Gasteiger partial charge < -0.3 is 10.2 Å². The van der Waals surface area contributed by atoms with Gasteiger partial charge in [0.05, 0.1) is 10.2 Å². The Kier molecular flexibility index (Phi) is 5.43. The Hall–Kier alpha value is -2.64. The number of halogens is 1. The Bertz CT molecular complexity index is 1060. The number of amides is 3. The second-order valence-corrected chi connectivity index (χ2v) is 8.75. The van der Waals surface area contributed by atoms with Crippen LogP contribution in [0.3, 0.4) is 0 Å². The van der Waals surface area contributed by atoms with Crippen molar-refractivity contribution in [2.75, 3.05) is 29.9 Å². The van der Waals surface area contributed by atoms with Gasteiger partial charge in [-0.2, -0.15) is 0 Å². The third-order valence-electron chi connectivity index (χ3n) is 4.90. The van der Waals surface area contributed by atoms with Gasteiger partial charge in [0.2, 0.25) is 5.91 Å². The van der Waals surface area contributed by atoms with E-state index < -0.39 is 0 Å². The van der Waals surface area contributed by atoms with Crippen molar-refractivity contribution >= 4 is 55.9 Å². The predicted molar refractivity (Wildman–Crippen MR) is 118 cm³/mol. The topological polar surface area (TPSA) is 65.5 Å². The molecule has 2 heterocycles. The van der Waals surface area contributed by atoms with E-state index in [1.807, 2.05) is 36.4 Å². The molecule has 3 aromatic rings. The van der Waals surface area contributed by atoms with Crippen molar-refractivity contribution in [3.8, 4) is 0 Å². The number of carbonyl (C=O) groups excluding carboxylic acids is 2. The van der Waals surface area contributed by atoms with E-state index in [0.29, 0.717) is 29.2 Å². The largest absolute Gasteiger partial charge is 0.325 e. The summed E-state index contributed by atoms with van der Waals surface area (Å²) in [7, 11) is 0. The van der Waals surface area contributed by atoms with Gasteiger partial charge in [-0.25, -0.2) is 9.78 Å². The third-order valence-corrected chi connectivity index (χ3v) is 6.07. The summed E-state index contributed by atoms with van der Waals surface area (Å²) in [5.41, 5.74) is 2.86. The minimum absolute atomic E-state index is 0.00388. The standard InChI is InChI=1S/C21H21ClN4O2S/c1-13(2)14-3-6-16(7-4-14)26-10-9-25(21(26)28)12-19(27)24-20-23-17-8-5-15(22)11-18(17)29-20/h3-8,11,13H,9-10,12H2,1-2H3,(H,23,24,27). The average Bonchev–Trinajstić information content (AvgIpc) is 3.24. The first-order chi connectivity index (χ1) is 13.9. The molecule has 0 radical (unpaired) electrons. The van der Waals surface area contributed by atoms with Crippen LogP contribution in [0.2, 0.25) is 5.02 Å². The van der Waals surface area contributed by atoms with Gasteiger partial charge in [0.15, 0.2) is 5.13 Å². The maximum atomic E-state index is 12.7. The van der Waals surface area contributed by atoms with Crippen LogP contribution in [0.1, 0.15) is 25.3 Å². The molecule has 6 nitrogen and oxygen atoms in total. The first kappa shape index (κ1) is 19.7. The van der Waals surface area contributed by atoms with E-state index in [-0.39, 0.29) is 18.5 Å². The lowest BCUT2D eigenvalue weighted by atomic mass is 10.0. The molecule has 150 valence electrons. The van der Waals surface area contributed by atoms with Crippen LogP contribution in [0.15, 0.2) is 42.5 Å². The van der Waals surface area contributed by atoms with E-state index in [0.717, 1.165) is 15.9 Å². The third kappa shape index (κ3) is 4.21. The van der Waals surface area contributed by atoms with Gasteiger partial charge in [0.1, 0.15) is 6.54 Å². The number of thiazole rings is 1.